The van der Waals surface area contributed by atoms with Crippen LogP contribution in [0.2, 0.25) is 0 Å². The van der Waals surface area contributed by atoms with Crippen molar-refractivity contribution in [1.82, 2.24) is 10.6 Å². The number of amides is 1. The largest absolute Gasteiger partial charge is 0.349 e. The zero-order valence-corrected chi connectivity index (χ0v) is 11.5. The molecule has 2 rings (SSSR count). The molecule has 1 aliphatic heterocycles. The summed E-state index contributed by atoms with van der Waals surface area (Å²) in [6.07, 6.45) is 0.943. The van der Waals surface area contributed by atoms with Crippen LogP contribution < -0.4 is 10.6 Å². The molecule has 0 bridgehead atoms. The van der Waals surface area contributed by atoms with Gasteiger partial charge in [0.05, 0.1) is 12.0 Å². The van der Waals surface area contributed by atoms with Gasteiger partial charge in [-0.25, -0.2) is 0 Å². The number of hydrogen-bond acceptors (Lipinski definition) is 2. The summed E-state index contributed by atoms with van der Waals surface area (Å²) in [6, 6.07) is 8.12. The monoisotopic (exact) mass is 296 g/mol. The minimum Gasteiger partial charge on any atom is -0.349 e. The highest BCUT2D eigenvalue weighted by molar-refractivity contribution is 9.10. The van der Waals surface area contributed by atoms with Crippen LogP contribution in [-0.4, -0.2) is 19.0 Å². The molecule has 2 atom stereocenters. The summed E-state index contributed by atoms with van der Waals surface area (Å²) in [5.41, 5.74) is 1.13. The second kappa shape index (κ2) is 5.65. The van der Waals surface area contributed by atoms with Gasteiger partial charge in [0.15, 0.2) is 0 Å². The highest BCUT2D eigenvalue weighted by atomic mass is 79.9. The summed E-state index contributed by atoms with van der Waals surface area (Å²) in [5, 5.41) is 6.27. The third kappa shape index (κ3) is 3.30. The van der Waals surface area contributed by atoms with Crippen molar-refractivity contribution in [3.8, 4) is 0 Å². The van der Waals surface area contributed by atoms with Gasteiger partial charge in [-0.05, 0) is 37.6 Å². The molecule has 4 heteroatoms. The molecule has 1 saturated heterocycles. The Labute approximate surface area is 110 Å². The van der Waals surface area contributed by atoms with Gasteiger partial charge in [0, 0.05) is 11.0 Å². The molecule has 0 saturated carbocycles. The van der Waals surface area contributed by atoms with Crippen LogP contribution >= 0.6 is 15.9 Å². The maximum Gasteiger partial charge on any atom is 0.224 e. The van der Waals surface area contributed by atoms with Crippen LogP contribution in [0.25, 0.3) is 0 Å². The predicted molar refractivity (Wildman–Crippen MR) is 71.7 cm³/mol. The second-order valence-electron chi connectivity index (χ2n) is 4.47. The smallest absolute Gasteiger partial charge is 0.224 e. The number of hydrogen-bond donors (Lipinski definition) is 2. The topological polar surface area (TPSA) is 41.1 Å². The quantitative estimate of drug-likeness (QED) is 0.898. The van der Waals surface area contributed by atoms with Crippen LogP contribution in [0.5, 0.6) is 0 Å². The lowest BCUT2D eigenvalue weighted by Gasteiger charge is -2.17. The van der Waals surface area contributed by atoms with E-state index in [9.17, 15) is 4.79 Å². The molecule has 1 unspecified atom stereocenters. The van der Waals surface area contributed by atoms with E-state index < -0.39 is 0 Å². The number of carbonyl (C=O) groups is 1. The molecule has 0 radical (unpaired) electrons. The van der Waals surface area contributed by atoms with Gasteiger partial charge in [-0.15, -0.1) is 0 Å². The molecule has 1 aromatic carbocycles. The lowest BCUT2D eigenvalue weighted by molar-refractivity contribution is -0.125. The minimum atomic E-state index is 0.0659. The molecule has 1 aliphatic rings. The first-order valence-corrected chi connectivity index (χ1v) is 6.72. The van der Waals surface area contributed by atoms with Crippen LogP contribution in [-0.2, 0) is 4.79 Å². The van der Waals surface area contributed by atoms with Crippen molar-refractivity contribution in [3.05, 3.63) is 34.3 Å². The molecule has 17 heavy (non-hydrogen) atoms. The van der Waals surface area contributed by atoms with Crippen molar-refractivity contribution in [2.75, 3.05) is 13.1 Å². The van der Waals surface area contributed by atoms with Gasteiger partial charge in [0.2, 0.25) is 5.91 Å². The summed E-state index contributed by atoms with van der Waals surface area (Å²) in [7, 11) is 0. The normalized spacial score (nSPS) is 21.2. The maximum atomic E-state index is 11.9. The first kappa shape index (κ1) is 12.6. The molecule has 1 fully saturated rings. The van der Waals surface area contributed by atoms with Crippen molar-refractivity contribution >= 4 is 21.8 Å². The molecule has 1 amide bonds. The summed E-state index contributed by atoms with van der Waals surface area (Å²) >= 11 is 3.40. The van der Waals surface area contributed by atoms with E-state index in [1.165, 1.54) is 0 Å². The zero-order chi connectivity index (χ0) is 12.3. The number of halogens is 1. The number of benzene rings is 1. The van der Waals surface area contributed by atoms with E-state index in [1.54, 1.807) is 0 Å². The van der Waals surface area contributed by atoms with E-state index in [4.69, 9.17) is 0 Å². The van der Waals surface area contributed by atoms with Crippen LogP contribution in [0, 0.1) is 5.92 Å². The first-order valence-electron chi connectivity index (χ1n) is 5.93. The van der Waals surface area contributed by atoms with Crippen LogP contribution in [0.15, 0.2) is 28.7 Å². The van der Waals surface area contributed by atoms with Crippen LogP contribution in [0.1, 0.15) is 24.9 Å². The predicted octanol–water partition coefficient (Wildman–Crippen LogP) is 2.24. The standard InChI is InChI=1S/C13H17BrN2O/c1-9(10-2-4-12(14)5-3-10)16-13(17)11-6-7-15-8-11/h2-5,9,11,15H,6-8H2,1H3,(H,16,17)/t9-,11?/m1/s1. The lowest BCUT2D eigenvalue weighted by Crippen LogP contribution is -2.33. The van der Waals surface area contributed by atoms with Gasteiger partial charge in [0.1, 0.15) is 0 Å². The fourth-order valence-corrected chi connectivity index (χ4v) is 2.31. The van der Waals surface area contributed by atoms with Crippen molar-refractivity contribution in [2.24, 2.45) is 5.92 Å². The molecule has 3 nitrogen and oxygen atoms in total. The van der Waals surface area contributed by atoms with Gasteiger partial charge in [0.25, 0.3) is 0 Å². The van der Waals surface area contributed by atoms with E-state index in [2.05, 4.69) is 26.6 Å². The van der Waals surface area contributed by atoms with Gasteiger partial charge in [-0.2, -0.15) is 0 Å². The zero-order valence-electron chi connectivity index (χ0n) is 9.87. The highest BCUT2D eigenvalue weighted by Gasteiger charge is 2.23. The Hall–Kier alpha value is -0.870. The Balaban J connectivity index is 1.93. The van der Waals surface area contributed by atoms with Crippen molar-refractivity contribution < 1.29 is 4.79 Å². The molecule has 0 aromatic heterocycles. The summed E-state index contributed by atoms with van der Waals surface area (Å²) in [5.74, 6) is 0.290. The van der Waals surface area contributed by atoms with E-state index in [-0.39, 0.29) is 17.9 Å². The number of rotatable bonds is 3. The fraction of sp³-hybridized carbons (Fsp3) is 0.462. The van der Waals surface area contributed by atoms with Gasteiger partial charge in [-0.3, -0.25) is 4.79 Å². The highest BCUT2D eigenvalue weighted by Crippen LogP contribution is 2.17. The summed E-state index contributed by atoms with van der Waals surface area (Å²) in [6.45, 7) is 3.77. The van der Waals surface area contributed by atoms with Crippen molar-refractivity contribution in [2.45, 2.75) is 19.4 Å². The van der Waals surface area contributed by atoms with Crippen LogP contribution in [0.4, 0.5) is 0 Å². The van der Waals surface area contributed by atoms with E-state index >= 15 is 0 Å². The Morgan fingerprint density at radius 3 is 2.76 bits per heavy atom. The van der Waals surface area contributed by atoms with E-state index in [0.717, 1.165) is 29.5 Å². The molecule has 1 heterocycles. The Bertz CT molecular complexity index is 385. The first-order chi connectivity index (χ1) is 8.16. The number of carbonyl (C=O) groups excluding carboxylic acids is 1. The lowest BCUT2D eigenvalue weighted by atomic mass is 10.1. The average molecular weight is 297 g/mol. The molecule has 0 aliphatic carbocycles. The SMILES string of the molecule is C[C@@H](NC(=O)C1CCNC1)c1ccc(Br)cc1. The van der Waals surface area contributed by atoms with E-state index in [1.807, 2.05) is 31.2 Å². The molecule has 1 aromatic rings. The molecular weight excluding hydrogens is 280 g/mol. The summed E-state index contributed by atoms with van der Waals surface area (Å²) in [4.78, 5) is 11.9. The van der Waals surface area contributed by atoms with Gasteiger partial charge in [-0.1, -0.05) is 28.1 Å². The number of nitrogens with one attached hydrogen (secondary N) is 2. The van der Waals surface area contributed by atoms with E-state index in [0.29, 0.717) is 0 Å². The minimum absolute atomic E-state index is 0.0659. The molecular formula is C13H17BrN2O. The Morgan fingerprint density at radius 2 is 2.18 bits per heavy atom. The third-order valence-corrected chi connectivity index (χ3v) is 3.69. The van der Waals surface area contributed by atoms with Gasteiger partial charge < -0.3 is 10.6 Å². The Morgan fingerprint density at radius 1 is 1.47 bits per heavy atom. The summed E-state index contributed by atoms with van der Waals surface area (Å²) < 4.78 is 1.06. The average Bonchev–Trinajstić information content (AvgIpc) is 2.83. The second-order valence-corrected chi connectivity index (χ2v) is 5.39. The maximum absolute atomic E-state index is 11.9. The fourth-order valence-electron chi connectivity index (χ4n) is 2.04. The third-order valence-electron chi connectivity index (χ3n) is 3.16. The van der Waals surface area contributed by atoms with Crippen LogP contribution in [0.3, 0.4) is 0 Å². The van der Waals surface area contributed by atoms with Crippen molar-refractivity contribution in [3.63, 3.8) is 0 Å². The molecule has 0 spiro atoms. The Kier molecular flexibility index (Phi) is 4.18. The molecule has 2 N–H and O–H groups in total. The van der Waals surface area contributed by atoms with Gasteiger partial charge >= 0.3 is 0 Å². The molecule has 92 valence electrons. The van der Waals surface area contributed by atoms with Crippen molar-refractivity contribution in [1.29, 1.82) is 0 Å².